The van der Waals surface area contributed by atoms with Crippen LogP contribution < -0.4 is 15.1 Å². The van der Waals surface area contributed by atoms with E-state index in [0.29, 0.717) is 11.4 Å². The van der Waals surface area contributed by atoms with E-state index in [2.05, 4.69) is 5.32 Å². The lowest BCUT2D eigenvalue weighted by atomic mass is 10.1. The van der Waals surface area contributed by atoms with Crippen molar-refractivity contribution in [2.75, 3.05) is 19.2 Å². The Balaban J connectivity index is 1.99. The van der Waals surface area contributed by atoms with Gasteiger partial charge in [-0.3, -0.25) is 0 Å². The molecular formula is C17H17ClFN3O2. The Morgan fingerprint density at radius 1 is 1.29 bits per heavy atom. The van der Waals surface area contributed by atoms with Gasteiger partial charge in [0.25, 0.3) is 0 Å². The van der Waals surface area contributed by atoms with Crippen molar-refractivity contribution in [2.45, 2.75) is 13.1 Å². The summed E-state index contributed by atoms with van der Waals surface area (Å²) in [5.41, 5.74) is 1.81. The highest BCUT2D eigenvalue weighted by Crippen LogP contribution is 2.35. The molecule has 24 heavy (non-hydrogen) atoms. The van der Waals surface area contributed by atoms with Crippen molar-refractivity contribution in [1.29, 1.82) is 0 Å². The van der Waals surface area contributed by atoms with E-state index in [-0.39, 0.29) is 16.6 Å². The molecule has 0 spiro atoms. The third-order valence-corrected chi connectivity index (χ3v) is 4.38. The molecule has 126 valence electrons. The predicted octanol–water partition coefficient (Wildman–Crippen LogP) is 3.87. The number of hydrazine groups is 1. The monoisotopic (exact) mass is 349 g/mol. The Morgan fingerprint density at radius 3 is 2.71 bits per heavy atom. The van der Waals surface area contributed by atoms with Crippen LogP contribution in [0.15, 0.2) is 36.4 Å². The largest absolute Gasteiger partial charge is 0.496 e. The summed E-state index contributed by atoms with van der Waals surface area (Å²) < 4.78 is 19.5. The molecule has 2 amide bonds. The van der Waals surface area contributed by atoms with Crippen molar-refractivity contribution >= 4 is 23.3 Å². The van der Waals surface area contributed by atoms with Gasteiger partial charge in [-0.2, -0.15) is 5.01 Å². The standard InChI is InChI=1S/C17H17ClFN3O2/c1-10-7-8-11(9-14(10)24-3)22-17(23)20-16(21(22)2)15-12(18)5-4-6-13(15)19/h4-9,16H,1-3H3,(H,20,23). The second-order valence-corrected chi connectivity index (χ2v) is 5.93. The van der Waals surface area contributed by atoms with Gasteiger partial charge in [0, 0.05) is 18.7 Å². The Kier molecular flexibility index (Phi) is 4.34. The van der Waals surface area contributed by atoms with Gasteiger partial charge in [-0.25, -0.2) is 14.2 Å². The molecule has 1 atom stereocenters. The average Bonchev–Trinajstić information content (AvgIpc) is 2.83. The van der Waals surface area contributed by atoms with E-state index in [1.54, 1.807) is 37.4 Å². The molecule has 1 aliphatic rings. The topological polar surface area (TPSA) is 44.8 Å². The Hall–Kier alpha value is -2.31. The fourth-order valence-electron chi connectivity index (χ4n) is 2.80. The fraction of sp³-hybridized carbons (Fsp3) is 0.235. The van der Waals surface area contributed by atoms with Gasteiger partial charge >= 0.3 is 6.03 Å². The minimum Gasteiger partial charge on any atom is -0.496 e. The number of rotatable bonds is 3. The fourth-order valence-corrected chi connectivity index (χ4v) is 3.07. The van der Waals surface area contributed by atoms with Crippen LogP contribution in [0.4, 0.5) is 14.9 Å². The highest BCUT2D eigenvalue weighted by molar-refractivity contribution is 6.31. The molecule has 1 saturated heterocycles. The number of nitrogens with one attached hydrogen (secondary N) is 1. The molecule has 5 nitrogen and oxygen atoms in total. The summed E-state index contributed by atoms with van der Waals surface area (Å²) in [7, 11) is 3.26. The zero-order valence-corrected chi connectivity index (χ0v) is 14.3. The number of halogens is 2. The first-order valence-electron chi connectivity index (χ1n) is 7.36. The first-order chi connectivity index (χ1) is 11.4. The number of hydrogen-bond acceptors (Lipinski definition) is 3. The zero-order chi connectivity index (χ0) is 17.4. The molecule has 1 N–H and O–H groups in total. The van der Waals surface area contributed by atoms with E-state index in [0.717, 1.165) is 5.56 Å². The maximum absolute atomic E-state index is 14.2. The molecule has 1 unspecified atom stereocenters. The summed E-state index contributed by atoms with van der Waals surface area (Å²) in [5, 5.41) is 6.04. The number of aryl methyl sites for hydroxylation is 1. The van der Waals surface area contributed by atoms with Gasteiger partial charge in [0.2, 0.25) is 0 Å². The lowest BCUT2D eigenvalue weighted by molar-refractivity contribution is 0.247. The molecule has 0 saturated carbocycles. The van der Waals surface area contributed by atoms with E-state index in [1.807, 2.05) is 13.0 Å². The maximum Gasteiger partial charge on any atom is 0.338 e. The van der Waals surface area contributed by atoms with Crippen LogP contribution in [-0.2, 0) is 0 Å². The summed E-state index contributed by atoms with van der Waals surface area (Å²) in [6, 6.07) is 9.50. The number of urea groups is 1. The Labute approximate surface area is 144 Å². The van der Waals surface area contributed by atoms with Crippen molar-refractivity contribution in [2.24, 2.45) is 0 Å². The molecule has 7 heteroatoms. The van der Waals surface area contributed by atoms with E-state index in [1.165, 1.54) is 17.1 Å². The molecule has 2 aromatic carbocycles. The summed E-state index contributed by atoms with van der Waals surface area (Å²) in [4.78, 5) is 12.4. The van der Waals surface area contributed by atoms with Crippen LogP contribution in [0, 0.1) is 12.7 Å². The molecule has 0 aliphatic carbocycles. The lowest BCUT2D eigenvalue weighted by Crippen LogP contribution is -2.36. The number of anilines is 1. The second kappa shape index (κ2) is 6.30. The molecule has 0 aromatic heterocycles. The molecule has 0 bridgehead atoms. The van der Waals surface area contributed by atoms with Crippen LogP contribution in [0.1, 0.15) is 17.3 Å². The number of carbonyl (C=O) groups is 1. The van der Waals surface area contributed by atoms with Gasteiger partial charge < -0.3 is 10.1 Å². The first-order valence-corrected chi connectivity index (χ1v) is 7.73. The number of amides is 2. The van der Waals surface area contributed by atoms with E-state index >= 15 is 0 Å². The molecular weight excluding hydrogens is 333 g/mol. The van der Waals surface area contributed by atoms with Gasteiger partial charge in [-0.05, 0) is 30.7 Å². The average molecular weight is 350 g/mol. The number of ether oxygens (including phenoxy) is 1. The minimum atomic E-state index is -0.696. The maximum atomic E-state index is 14.2. The van der Waals surface area contributed by atoms with Gasteiger partial charge in [0.1, 0.15) is 17.7 Å². The summed E-state index contributed by atoms with van der Waals surface area (Å²) in [5.74, 6) is 0.198. The van der Waals surface area contributed by atoms with Gasteiger partial charge in [-0.1, -0.05) is 23.7 Å². The number of benzene rings is 2. The lowest BCUT2D eigenvalue weighted by Gasteiger charge is -2.27. The number of methoxy groups -OCH3 is 1. The minimum absolute atomic E-state index is 0.233. The van der Waals surface area contributed by atoms with Gasteiger partial charge in [-0.15, -0.1) is 0 Å². The van der Waals surface area contributed by atoms with Crippen LogP contribution in [0.25, 0.3) is 0 Å². The van der Waals surface area contributed by atoms with Crippen LogP contribution in [-0.4, -0.2) is 25.2 Å². The van der Waals surface area contributed by atoms with Crippen molar-refractivity contribution in [3.05, 3.63) is 58.4 Å². The predicted molar refractivity (Wildman–Crippen MR) is 90.7 cm³/mol. The third-order valence-electron chi connectivity index (χ3n) is 4.05. The van der Waals surface area contributed by atoms with Gasteiger partial charge in [0.15, 0.2) is 0 Å². The third kappa shape index (κ3) is 2.68. The van der Waals surface area contributed by atoms with Crippen LogP contribution in [0.5, 0.6) is 5.75 Å². The summed E-state index contributed by atoms with van der Waals surface area (Å²) >= 11 is 6.13. The van der Waals surface area contributed by atoms with E-state index in [9.17, 15) is 9.18 Å². The van der Waals surface area contributed by atoms with Crippen molar-refractivity contribution in [3.63, 3.8) is 0 Å². The summed E-state index contributed by atoms with van der Waals surface area (Å²) in [6.45, 7) is 1.91. The molecule has 1 aliphatic heterocycles. The second-order valence-electron chi connectivity index (χ2n) is 5.53. The Morgan fingerprint density at radius 2 is 2.04 bits per heavy atom. The van der Waals surface area contributed by atoms with Crippen LogP contribution in [0.2, 0.25) is 5.02 Å². The smallest absolute Gasteiger partial charge is 0.338 e. The van der Waals surface area contributed by atoms with Crippen molar-refractivity contribution < 1.29 is 13.9 Å². The number of hydrogen-bond donors (Lipinski definition) is 1. The highest BCUT2D eigenvalue weighted by atomic mass is 35.5. The number of carbonyl (C=O) groups excluding carboxylic acids is 1. The van der Waals surface area contributed by atoms with Gasteiger partial charge in [0.05, 0.1) is 17.8 Å². The molecule has 0 radical (unpaired) electrons. The van der Waals surface area contributed by atoms with Crippen LogP contribution >= 0.6 is 11.6 Å². The molecule has 1 heterocycles. The van der Waals surface area contributed by atoms with E-state index < -0.39 is 12.0 Å². The summed E-state index contributed by atoms with van der Waals surface area (Å²) in [6.07, 6.45) is -0.696. The normalized spacial score (nSPS) is 18.0. The Bertz CT molecular complexity index is 779. The first kappa shape index (κ1) is 16.5. The molecule has 2 aromatic rings. The molecule has 3 rings (SSSR count). The quantitative estimate of drug-likeness (QED) is 0.914. The number of nitrogens with zero attached hydrogens (tertiary/aromatic N) is 2. The van der Waals surface area contributed by atoms with E-state index in [4.69, 9.17) is 16.3 Å². The zero-order valence-electron chi connectivity index (χ0n) is 13.5. The SMILES string of the molecule is COc1cc(N2C(=O)NC(c3c(F)cccc3Cl)N2C)ccc1C. The van der Waals surface area contributed by atoms with Crippen LogP contribution in [0.3, 0.4) is 0 Å². The van der Waals surface area contributed by atoms with Crippen molar-refractivity contribution in [1.82, 2.24) is 10.3 Å². The highest BCUT2D eigenvalue weighted by Gasteiger charge is 2.39. The van der Waals surface area contributed by atoms with Crippen molar-refractivity contribution in [3.8, 4) is 5.75 Å². The molecule has 1 fully saturated rings.